The van der Waals surface area contributed by atoms with Gasteiger partial charge in [0.15, 0.2) is 0 Å². The molecule has 2 aromatic rings. The number of para-hydroxylation sites is 1. The minimum atomic E-state index is 0.129. The fourth-order valence-electron chi connectivity index (χ4n) is 1.99. The van der Waals surface area contributed by atoms with Crippen LogP contribution in [0.3, 0.4) is 0 Å². The SMILES string of the molecule is COc1ccccc1C(C)Nc1ccc(C#N)cc1. The lowest BCUT2D eigenvalue weighted by atomic mass is 10.1. The predicted octanol–water partition coefficient (Wildman–Crippen LogP) is 3.74. The average Bonchev–Trinajstić information content (AvgIpc) is 2.48. The van der Waals surface area contributed by atoms with Crippen LogP contribution in [0.15, 0.2) is 48.5 Å². The molecular weight excluding hydrogens is 236 g/mol. The number of rotatable bonds is 4. The second-order valence-electron chi connectivity index (χ2n) is 4.30. The zero-order chi connectivity index (χ0) is 13.7. The molecule has 0 heterocycles. The van der Waals surface area contributed by atoms with E-state index >= 15 is 0 Å². The Morgan fingerprint density at radius 1 is 1.11 bits per heavy atom. The molecule has 3 nitrogen and oxygen atoms in total. The quantitative estimate of drug-likeness (QED) is 0.901. The summed E-state index contributed by atoms with van der Waals surface area (Å²) in [5, 5.41) is 12.2. The molecule has 1 unspecified atom stereocenters. The van der Waals surface area contributed by atoms with Gasteiger partial charge in [-0.1, -0.05) is 18.2 Å². The Kier molecular flexibility index (Phi) is 4.04. The molecule has 19 heavy (non-hydrogen) atoms. The largest absolute Gasteiger partial charge is 0.496 e. The molecule has 2 aromatic carbocycles. The number of ether oxygens (including phenoxy) is 1. The minimum Gasteiger partial charge on any atom is -0.496 e. The third kappa shape index (κ3) is 3.05. The van der Waals surface area contributed by atoms with Crippen LogP contribution >= 0.6 is 0 Å². The Bertz CT molecular complexity index is 584. The van der Waals surface area contributed by atoms with Crippen molar-refractivity contribution in [3.8, 4) is 11.8 Å². The van der Waals surface area contributed by atoms with Crippen molar-refractivity contribution in [2.24, 2.45) is 0 Å². The molecule has 1 N–H and O–H groups in total. The van der Waals surface area contributed by atoms with Crippen molar-refractivity contribution >= 4 is 5.69 Å². The highest BCUT2D eigenvalue weighted by Gasteiger charge is 2.10. The van der Waals surface area contributed by atoms with E-state index in [1.54, 1.807) is 19.2 Å². The van der Waals surface area contributed by atoms with Crippen LogP contribution in [-0.2, 0) is 0 Å². The van der Waals surface area contributed by atoms with Crippen LogP contribution in [0.4, 0.5) is 5.69 Å². The Balaban J connectivity index is 2.16. The summed E-state index contributed by atoms with van der Waals surface area (Å²) >= 11 is 0. The molecule has 0 saturated carbocycles. The van der Waals surface area contributed by atoms with Gasteiger partial charge in [-0.2, -0.15) is 5.26 Å². The van der Waals surface area contributed by atoms with Gasteiger partial charge in [-0.15, -0.1) is 0 Å². The zero-order valence-electron chi connectivity index (χ0n) is 11.1. The van der Waals surface area contributed by atoms with E-state index in [1.807, 2.05) is 36.4 Å². The molecule has 0 saturated heterocycles. The van der Waals surface area contributed by atoms with Crippen molar-refractivity contribution in [2.75, 3.05) is 12.4 Å². The highest BCUT2D eigenvalue weighted by molar-refractivity contribution is 5.50. The lowest BCUT2D eigenvalue weighted by Gasteiger charge is -2.18. The summed E-state index contributed by atoms with van der Waals surface area (Å²) in [6.07, 6.45) is 0. The average molecular weight is 252 g/mol. The van der Waals surface area contributed by atoms with Crippen molar-refractivity contribution in [1.82, 2.24) is 0 Å². The van der Waals surface area contributed by atoms with E-state index in [0.29, 0.717) is 5.56 Å². The standard InChI is InChI=1S/C16H16N2O/c1-12(15-5-3-4-6-16(15)19-2)18-14-9-7-13(11-17)8-10-14/h3-10,12,18H,1-2H3. The fraction of sp³-hybridized carbons (Fsp3) is 0.188. The van der Waals surface area contributed by atoms with Crippen molar-refractivity contribution in [3.63, 3.8) is 0 Å². The monoisotopic (exact) mass is 252 g/mol. The van der Waals surface area contributed by atoms with Gasteiger partial charge in [0, 0.05) is 11.3 Å². The molecular formula is C16H16N2O. The second kappa shape index (κ2) is 5.92. The molecule has 2 rings (SSSR count). The maximum Gasteiger partial charge on any atom is 0.124 e. The molecule has 0 amide bonds. The molecule has 0 aliphatic rings. The van der Waals surface area contributed by atoms with E-state index in [0.717, 1.165) is 17.0 Å². The molecule has 96 valence electrons. The summed E-state index contributed by atoms with van der Waals surface area (Å²) < 4.78 is 5.36. The smallest absolute Gasteiger partial charge is 0.124 e. The summed E-state index contributed by atoms with van der Waals surface area (Å²) in [5.74, 6) is 0.871. The Morgan fingerprint density at radius 2 is 1.79 bits per heavy atom. The number of benzene rings is 2. The van der Waals surface area contributed by atoms with Gasteiger partial charge in [0.25, 0.3) is 0 Å². The zero-order valence-corrected chi connectivity index (χ0v) is 11.1. The molecule has 3 heteroatoms. The number of hydrogen-bond acceptors (Lipinski definition) is 3. The highest BCUT2D eigenvalue weighted by atomic mass is 16.5. The van der Waals surface area contributed by atoms with Crippen LogP contribution in [0, 0.1) is 11.3 Å². The van der Waals surface area contributed by atoms with Gasteiger partial charge in [0.05, 0.1) is 24.8 Å². The van der Waals surface area contributed by atoms with E-state index in [2.05, 4.69) is 18.3 Å². The number of nitrogens with one attached hydrogen (secondary N) is 1. The number of anilines is 1. The van der Waals surface area contributed by atoms with Gasteiger partial charge >= 0.3 is 0 Å². The van der Waals surface area contributed by atoms with Crippen molar-refractivity contribution in [2.45, 2.75) is 13.0 Å². The van der Waals surface area contributed by atoms with Gasteiger partial charge in [0.1, 0.15) is 5.75 Å². The van der Waals surface area contributed by atoms with Crippen LogP contribution < -0.4 is 10.1 Å². The number of nitrogens with zero attached hydrogens (tertiary/aromatic N) is 1. The number of nitriles is 1. The molecule has 0 spiro atoms. The van der Waals surface area contributed by atoms with Gasteiger partial charge in [-0.3, -0.25) is 0 Å². The van der Waals surface area contributed by atoms with Gasteiger partial charge in [-0.05, 0) is 37.3 Å². The van der Waals surface area contributed by atoms with Crippen LogP contribution in [0.5, 0.6) is 5.75 Å². The molecule has 0 bridgehead atoms. The van der Waals surface area contributed by atoms with Crippen molar-refractivity contribution in [3.05, 3.63) is 59.7 Å². The third-order valence-corrected chi connectivity index (χ3v) is 3.00. The predicted molar refractivity (Wildman–Crippen MR) is 76.2 cm³/mol. The minimum absolute atomic E-state index is 0.129. The van der Waals surface area contributed by atoms with E-state index < -0.39 is 0 Å². The number of methoxy groups -OCH3 is 1. The van der Waals surface area contributed by atoms with Crippen molar-refractivity contribution in [1.29, 1.82) is 5.26 Å². The Hall–Kier alpha value is -2.47. The van der Waals surface area contributed by atoms with Gasteiger partial charge < -0.3 is 10.1 Å². The molecule has 0 aliphatic heterocycles. The van der Waals surface area contributed by atoms with Gasteiger partial charge in [0.2, 0.25) is 0 Å². The summed E-state index contributed by atoms with van der Waals surface area (Å²) in [6, 6.07) is 17.6. The van der Waals surface area contributed by atoms with Gasteiger partial charge in [-0.25, -0.2) is 0 Å². The van der Waals surface area contributed by atoms with Crippen LogP contribution in [0.1, 0.15) is 24.1 Å². The van der Waals surface area contributed by atoms with E-state index in [9.17, 15) is 0 Å². The lowest BCUT2D eigenvalue weighted by molar-refractivity contribution is 0.408. The van der Waals surface area contributed by atoms with Crippen molar-refractivity contribution < 1.29 is 4.74 Å². The molecule has 0 aromatic heterocycles. The van der Waals surface area contributed by atoms with Crippen LogP contribution in [-0.4, -0.2) is 7.11 Å². The summed E-state index contributed by atoms with van der Waals surface area (Å²) in [7, 11) is 1.67. The third-order valence-electron chi connectivity index (χ3n) is 3.00. The second-order valence-corrected chi connectivity index (χ2v) is 4.30. The first-order valence-electron chi connectivity index (χ1n) is 6.14. The summed E-state index contributed by atoms with van der Waals surface area (Å²) in [6.45, 7) is 2.08. The molecule has 1 atom stereocenters. The van der Waals surface area contributed by atoms with Crippen LogP contribution in [0.25, 0.3) is 0 Å². The molecule has 0 aliphatic carbocycles. The van der Waals surface area contributed by atoms with Crippen LogP contribution in [0.2, 0.25) is 0 Å². The van der Waals surface area contributed by atoms with E-state index in [-0.39, 0.29) is 6.04 Å². The first kappa shape index (κ1) is 13.0. The summed E-state index contributed by atoms with van der Waals surface area (Å²) in [5.41, 5.74) is 2.75. The molecule has 0 radical (unpaired) electrons. The van der Waals surface area contributed by atoms with E-state index in [4.69, 9.17) is 10.00 Å². The lowest BCUT2D eigenvalue weighted by Crippen LogP contribution is -2.08. The Labute approximate surface area is 113 Å². The summed E-state index contributed by atoms with van der Waals surface area (Å²) in [4.78, 5) is 0. The topological polar surface area (TPSA) is 45.0 Å². The highest BCUT2D eigenvalue weighted by Crippen LogP contribution is 2.27. The Morgan fingerprint density at radius 3 is 2.42 bits per heavy atom. The fourth-order valence-corrected chi connectivity index (χ4v) is 1.99. The molecule has 0 fully saturated rings. The number of hydrogen-bond donors (Lipinski definition) is 1. The normalized spacial score (nSPS) is 11.4. The maximum absolute atomic E-state index is 8.77. The first-order chi connectivity index (χ1) is 9.24. The first-order valence-corrected chi connectivity index (χ1v) is 6.14. The maximum atomic E-state index is 8.77. The van der Waals surface area contributed by atoms with E-state index in [1.165, 1.54) is 0 Å².